The summed E-state index contributed by atoms with van der Waals surface area (Å²) in [6.45, 7) is 2.27. The quantitative estimate of drug-likeness (QED) is 0.533. The number of unbranched alkanes of at least 4 members (excludes halogenated alkanes) is 6. The molecule has 1 heteroatoms. The van der Waals surface area contributed by atoms with Gasteiger partial charge in [0.25, 0.3) is 0 Å². The minimum Gasteiger partial charge on any atom is -0.318 e. The largest absolute Gasteiger partial charge is 0.318 e. The topological polar surface area (TPSA) is 26.0 Å². The van der Waals surface area contributed by atoms with Crippen LogP contribution in [0.3, 0.4) is 0 Å². The van der Waals surface area contributed by atoms with Gasteiger partial charge in [-0.2, -0.15) is 0 Å². The lowest BCUT2D eigenvalue weighted by Crippen LogP contribution is -2.37. The van der Waals surface area contributed by atoms with Crippen molar-refractivity contribution < 1.29 is 0 Å². The molecule has 2 rings (SSSR count). The molecule has 0 saturated heterocycles. The smallest absolute Gasteiger partial charge is 0.0665 e. The summed E-state index contributed by atoms with van der Waals surface area (Å²) in [6.07, 6.45) is 10.2. The molecule has 0 fully saturated rings. The summed E-state index contributed by atoms with van der Waals surface area (Å²) in [5.74, 6) is 0. The Hall–Kier alpha value is -1.60. The highest BCUT2D eigenvalue weighted by molar-refractivity contribution is 5.37. The minimum absolute atomic E-state index is 0.369. The van der Waals surface area contributed by atoms with E-state index in [1.807, 2.05) is 0 Å². The van der Waals surface area contributed by atoms with E-state index in [1.165, 1.54) is 56.1 Å². The van der Waals surface area contributed by atoms with Crippen LogP contribution < -0.4 is 5.73 Å². The Morgan fingerprint density at radius 1 is 0.652 bits per heavy atom. The molecule has 0 aliphatic heterocycles. The van der Waals surface area contributed by atoms with Crippen LogP contribution in [0.1, 0.15) is 69.4 Å². The predicted octanol–water partition coefficient (Wildman–Crippen LogP) is 6.03. The van der Waals surface area contributed by atoms with E-state index < -0.39 is 0 Å². The molecule has 0 heterocycles. The fraction of sp³-hybridized carbons (Fsp3) is 0.455. The lowest BCUT2D eigenvalue weighted by atomic mass is 9.79. The van der Waals surface area contributed by atoms with Crippen molar-refractivity contribution in [3.05, 3.63) is 71.8 Å². The molecular weight excluding hydrogens is 278 g/mol. The summed E-state index contributed by atoms with van der Waals surface area (Å²) in [5.41, 5.74) is 8.97. The average molecular weight is 309 g/mol. The SMILES string of the molecule is CCCCCCCCCC(N)(c1ccccc1)c1ccccc1. The molecule has 0 bridgehead atoms. The molecular formula is C22H31N. The van der Waals surface area contributed by atoms with Gasteiger partial charge in [0.15, 0.2) is 0 Å². The van der Waals surface area contributed by atoms with Crippen molar-refractivity contribution in [3.8, 4) is 0 Å². The van der Waals surface area contributed by atoms with Gasteiger partial charge in [0, 0.05) is 0 Å². The number of nitrogens with two attached hydrogens (primary N) is 1. The molecule has 0 aliphatic carbocycles. The zero-order valence-electron chi connectivity index (χ0n) is 14.5. The van der Waals surface area contributed by atoms with Crippen molar-refractivity contribution >= 4 is 0 Å². The normalized spacial score (nSPS) is 11.6. The molecule has 0 aromatic heterocycles. The molecule has 0 saturated carbocycles. The summed E-state index contributed by atoms with van der Waals surface area (Å²) in [6, 6.07) is 21.1. The van der Waals surface area contributed by atoms with Crippen LogP contribution in [-0.2, 0) is 5.54 Å². The highest BCUT2D eigenvalue weighted by Gasteiger charge is 2.28. The summed E-state index contributed by atoms with van der Waals surface area (Å²) < 4.78 is 0. The lowest BCUT2D eigenvalue weighted by molar-refractivity contribution is 0.451. The van der Waals surface area contributed by atoms with Crippen LogP contribution in [-0.4, -0.2) is 0 Å². The van der Waals surface area contributed by atoms with Crippen LogP contribution in [0, 0.1) is 0 Å². The molecule has 0 amide bonds. The van der Waals surface area contributed by atoms with Crippen LogP contribution in [0.2, 0.25) is 0 Å². The highest BCUT2D eigenvalue weighted by atomic mass is 14.7. The molecule has 0 aliphatic rings. The summed E-state index contributed by atoms with van der Waals surface area (Å²) >= 11 is 0. The molecule has 1 nitrogen and oxygen atoms in total. The van der Waals surface area contributed by atoms with Crippen molar-refractivity contribution in [1.82, 2.24) is 0 Å². The monoisotopic (exact) mass is 309 g/mol. The van der Waals surface area contributed by atoms with Gasteiger partial charge < -0.3 is 5.73 Å². The third-order valence-electron chi connectivity index (χ3n) is 4.75. The molecule has 0 radical (unpaired) electrons. The zero-order chi connectivity index (χ0) is 16.4. The number of rotatable bonds is 10. The maximum absolute atomic E-state index is 6.90. The fourth-order valence-corrected chi connectivity index (χ4v) is 3.29. The molecule has 124 valence electrons. The van der Waals surface area contributed by atoms with Gasteiger partial charge >= 0.3 is 0 Å². The summed E-state index contributed by atoms with van der Waals surface area (Å²) in [4.78, 5) is 0. The predicted molar refractivity (Wildman–Crippen MR) is 100 cm³/mol. The van der Waals surface area contributed by atoms with E-state index in [4.69, 9.17) is 5.73 Å². The second-order valence-electron chi connectivity index (χ2n) is 6.57. The summed E-state index contributed by atoms with van der Waals surface area (Å²) in [5, 5.41) is 0. The standard InChI is InChI=1S/C22H31N/c1-2-3-4-5-6-7-14-19-22(23,20-15-10-8-11-16-20)21-17-12-9-13-18-21/h8-13,15-18H,2-7,14,19,23H2,1H3. The number of hydrogen-bond acceptors (Lipinski definition) is 1. The van der Waals surface area contributed by atoms with Crippen LogP contribution in [0.5, 0.6) is 0 Å². The molecule has 23 heavy (non-hydrogen) atoms. The molecule has 0 spiro atoms. The van der Waals surface area contributed by atoms with E-state index in [0.717, 1.165) is 6.42 Å². The Morgan fingerprint density at radius 2 is 1.09 bits per heavy atom. The van der Waals surface area contributed by atoms with E-state index in [0.29, 0.717) is 0 Å². The van der Waals surface area contributed by atoms with Crippen LogP contribution in [0.4, 0.5) is 0 Å². The van der Waals surface area contributed by atoms with Gasteiger partial charge in [0.05, 0.1) is 5.54 Å². The summed E-state index contributed by atoms with van der Waals surface area (Å²) in [7, 11) is 0. The van der Waals surface area contributed by atoms with Crippen molar-refractivity contribution in [1.29, 1.82) is 0 Å². The van der Waals surface area contributed by atoms with E-state index in [2.05, 4.69) is 67.6 Å². The Morgan fingerprint density at radius 3 is 1.57 bits per heavy atom. The van der Waals surface area contributed by atoms with Gasteiger partial charge in [-0.15, -0.1) is 0 Å². The maximum atomic E-state index is 6.90. The van der Waals surface area contributed by atoms with Crippen molar-refractivity contribution in [3.63, 3.8) is 0 Å². The Labute approximate surface area is 141 Å². The van der Waals surface area contributed by atoms with Gasteiger partial charge in [-0.1, -0.05) is 113 Å². The molecule has 0 atom stereocenters. The molecule has 0 unspecified atom stereocenters. The van der Waals surface area contributed by atoms with E-state index in [1.54, 1.807) is 0 Å². The van der Waals surface area contributed by atoms with Crippen molar-refractivity contribution in [2.24, 2.45) is 5.73 Å². The van der Waals surface area contributed by atoms with Gasteiger partial charge in [0.1, 0.15) is 0 Å². The molecule has 2 N–H and O–H groups in total. The third kappa shape index (κ3) is 5.21. The molecule has 2 aromatic rings. The lowest BCUT2D eigenvalue weighted by Gasteiger charge is -2.31. The maximum Gasteiger partial charge on any atom is 0.0665 e. The zero-order valence-corrected chi connectivity index (χ0v) is 14.5. The first-order chi connectivity index (χ1) is 11.3. The van der Waals surface area contributed by atoms with Crippen LogP contribution >= 0.6 is 0 Å². The van der Waals surface area contributed by atoms with Gasteiger partial charge in [-0.05, 0) is 17.5 Å². The van der Waals surface area contributed by atoms with Gasteiger partial charge in [-0.3, -0.25) is 0 Å². The van der Waals surface area contributed by atoms with Crippen molar-refractivity contribution in [2.75, 3.05) is 0 Å². The second kappa shape index (κ2) is 9.52. The van der Waals surface area contributed by atoms with E-state index >= 15 is 0 Å². The second-order valence-corrected chi connectivity index (χ2v) is 6.57. The van der Waals surface area contributed by atoms with E-state index in [-0.39, 0.29) is 5.54 Å². The van der Waals surface area contributed by atoms with Crippen LogP contribution in [0.15, 0.2) is 60.7 Å². The number of benzene rings is 2. The average Bonchev–Trinajstić information content (AvgIpc) is 2.62. The van der Waals surface area contributed by atoms with Crippen molar-refractivity contribution in [2.45, 2.75) is 63.8 Å². The first kappa shape index (κ1) is 17.7. The van der Waals surface area contributed by atoms with Gasteiger partial charge in [0.2, 0.25) is 0 Å². The number of hydrogen-bond donors (Lipinski definition) is 1. The van der Waals surface area contributed by atoms with Gasteiger partial charge in [-0.25, -0.2) is 0 Å². The fourth-order valence-electron chi connectivity index (χ4n) is 3.29. The Balaban J connectivity index is 1.98. The minimum atomic E-state index is -0.369. The third-order valence-corrected chi connectivity index (χ3v) is 4.75. The Bertz CT molecular complexity index is 493. The van der Waals surface area contributed by atoms with Crippen LogP contribution in [0.25, 0.3) is 0 Å². The Kier molecular flexibility index (Phi) is 7.35. The molecule has 2 aromatic carbocycles. The highest BCUT2D eigenvalue weighted by Crippen LogP contribution is 2.32. The first-order valence-electron chi connectivity index (χ1n) is 9.17. The first-order valence-corrected chi connectivity index (χ1v) is 9.17. The van der Waals surface area contributed by atoms with E-state index in [9.17, 15) is 0 Å².